The highest BCUT2D eigenvalue weighted by Gasteiger charge is 2.28. The fraction of sp³-hybridized carbons (Fsp3) is 0.115. The van der Waals surface area contributed by atoms with Crippen molar-refractivity contribution in [2.45, 2.75) is 12.7 Å². The van der Waals surface area contributed by atoms with Crippen LogP contribution in [0.25, 0.3) is 39.1 Å². The zero-order chi connectivity index (χ0) is 24.6. The van der Waals surface area contributed by atoms with Crippen LogP contribution in [-0.2, 0) is 18.4 Å². The number of aryl methyl sites for hydroxylation is 1. The van der Waals surface area contributed by atoms with Crippen LogP contribution in [0.3, 0.4) is 0 Å². The number of hydrogen-bond donors (Lipinski definition) is 1. The number of aromatic nitrogens is 4. The number of alkyl halides is 3. The van der Waals surface area contributed by atoms with Gasteiger partial charge in [-0.25, -0.2) is 4.98 Å². The van der Waals surface area contributed by atoms with Crippen molar-refractivity contribution >= 4 is 39.6 Å². The molecule has 2 aromatic carbocycles. The minimum Gasteiger partial charge on any atom is -0.338 e. The normalized spacial score (nSPS) is 12.1. The molecular weight excluding hydrogens is 455 g/mol. The number of amides is 1. The summed E-state index contributed by atoms with van der Waals surface area (Å²) in [5, 5.41) is 3.37. The molecular formula is C26H20F3N5O. The third-order valence-corrected chi connectivity index (χ3v) is 5.69. The Kier molecular flexibility index (Phi) is 5.60. The smallest absolute Gasteiger partial charge is 0.338 e. The molecule has 0 aliphatic heterocycles. The Morgan fingerprint density at radius 2 is 1.94 bits per heavy atom. The summed E-state index contributed by atoms with van der Waals surface area (Å²) >= 11 is 0. The number of halogens is 3. The number of nitrogens with one attached hydrogen (secondary N) is 1. The van der Waals surface area contributed by atoms with Crippen molar-refractivity contribution in [1.82, 2.24) is 19.1 Å². The summed E-state index contributed by atoms with van der Waals surface area (Å²) in [6.07, 6.45) is 5.30. The van der Waals surface area contributed by atoms with Gasteiger partial charge < -0.3 is 14.5 Å². The van der Waals surface area contributed by atoms with Gasteiger partial charge in [-0.2, -0.15) is 13.2 Å². The summed E-state index contributed by atoms with van der Waals surface area (Å²) in [7, 11) is 1.93. The van der Waals surface area contributed by atoms with Crippen molar-refractivity contribution in [1.29, 1.82) is 0 Å². The molecule has 5 aromatic rings. The van der Waals surface area contributed by atoms with Crippen molar-refractivity contribution in [2.24, 2.45) is 7.05 Å². The van der Waals surface area contributed by atoms with Crippen molar-refractivity contribution in [2.75, 3.05) is 5.32 Å². The molecule has 0 bridgehead atoms. The first kappa shape index (κ1) is 22.4. The molecule has 9 heteroatoms. The van der Waals surface area contributed by atoms with E-state index >= 15 is 0 Å². The quantitative estimate of drug-likeness (QED) is 0.327. The Morgan fingerprint density at radius 1 is 1.09 bits per heavy atom. The monoisotopic (exact) mass is 475 g/mol. The Balaban J connectivity index is 1.35. The number of rotatable bonds is 5. The third kappa shape index (κ3) is 4.79. The maximum absolute atomic E-state index is 12.7. The predicted molar refractivity (Wildman–Crippen MR) is 130 cm³/mol. The van der Waals surface area contributed by atoms with Crippen LogP contribution >= 0.6 is 0 Å². The van der Waals surface area contributed by atoms with Gasteiger partial charge in [0.25, 0.3) is 0 Å². The van der Waals surface area contributed by atoms with E-state index in [4.69, 9.17) is 0 Å². The van der Waals surface area contributed by atoms with Crippen LogP contribution in [0, 0.1) is 0 Å². The van der Waals surface area contributed by atoms with Crippen molar-refractivity contribution in [3.63, 3.8) is 0 Å². The zero-order valence-corrected chi connectivity index (χ0v) is 18.6. The minimum atomic E-state index is -4.31. The molecule has 35 heavy (non-hydrogen) atoms. The number of pyridine rings is 1. The van der Waals surface area contributed by atoms with E-state index in [1.54, 1.807) is 49.1 Å². The summed E-state index contributed by atoms with van der Waals surface area (Å²) in [6, 6.07) is 14.2. The Labute approximate surface area is 198 Å². The van der Waals surface area contributed by atoms with E-state index in [2.05, 4.69) is 15.3 Å². The number of imidazole rings is 1. The van der Waals surface area contributed by atoms with Gasteiger partial charge in [0.2, 0.25) is 5.91 Å². The molecule has 0 spiro atoms. The molecule has 3 aromatic heterocycles. The molecule has 1 N–H and O–H groups in total. The molecule has 0 atom stereocenters. The lowest BCUT2D eigenvalue weighted by Gasteiger charge is -2.09. The fourth-order valence-corrected chi connectivity index (χ4v) is 4.05. The fourth-order valence-electron chi connectivity index (χ4n) is 4.05. The number of carbonyl (C=O) groups excluding carboxylic acids is 1. The standard InChI is InChI=1S/C26H20F3N5O/c1-33-16-31-22-5-2-17(13-24(22)33)21-8-10-30-14-19(21)3-7-25(35)32-20-4-6-23-18(12-20)9-11-34(23)15-26(27,28)29/h2-14,16H,15H2,1H3,(H,32,35). The van der Waals surface area contributed by atoms with E-state index in [1.165, 1.54) is 12.3 Å². The molecule has 0 unspecified atom stereocenters. The molecule has 3 heterocycles. The minimum absolute atomic E-state index is 0.365. The first-order chi connectivity index (χ1) is 16.8. The molecule has 0 saturated heterocycles. The number of benzene rings is 2. The van der Waals surface area contributed by atoms with Gasteiger partial charge in [-0.3, -0.25) is 9.78 Å². The molecule has 0 aliphatic rings. The average Bonchev–Trinajstić information content (AvgIpc) is 3.39. The second-order valence-electron chi connectivity index (χ2n) is 8.18. The number of carbonyl (C=O) groups is 1. The molecule has 1 amide bonds. The number of fused-ring (bicyclic) bond motifs is 2. The van der Waals surface area contributed by atoms with E-state index in [-0.39, 0.29) is 5.91 Å². The van der Waals surface area contributed by atoms with Crippen LogP contribution in [0.5, 0.6) is 0 Å². The van der Waals surface area contributed by atoms with Crippen molar-refractivity contribution < 1.29 is 18.0 Å². The maximum Gasteiger partial charge on any atom is 0.406 e. The summed E-state index contributed by atoms with van der Waals surface area (Å²) in [6.45, 7) is -1.06. The van der Waals surface area contributed by atoms with Gasteiger partial charge in [-0.05, 0) is 59.7 Å². The number of anilines is 1. The van der Waals surface area contributed by atoms with Gasteiger partial charge in [-0.1, -0.05) is 6.07 Å². The van der Waals surface area contributed by atoms with E-state index in [0.29, 0.717) is 16.6 Å². The highest BCUT2D eigenvalue weighted by Crippen LogP contribution is 2.28. The Hall–Kier alpha value is -4.40. The summed E-state index contributed by atoms with van der Waals surface area (Å²) in [4.78, 5) is 21.1. The van der Waals surface area contributed by atoms with Crippen LogP contribution in [0.4, 0.5) is 18.9 Å². The maximum atomic E-state index is 12.7. The lowest BCUT2D eigenvalue weighted by molar-refractivity contribution is -0.139. The van der Waals surface area contributed by atoms with Crippen LogP contribution in [-0.4, -0.2) is 31.2 Å². The Bertz CT molecular complexity index is 1580. The second-order valence-corrected chi connectivity index (χ2v) is 8.18. The molecule has 0 fully saturated rings. The molecule has 0 radical (unpaired) electrons. The van der Waals surface area contributed by atoms with Crippen LogP contribution < -0.4 is 5.32 Å². The van der Waals surface area contributed by atoms with Gasteiger partial charge in [0, 0.05) is 53.9 Å². The van der Waals surface area contributed by atoms with Gasteiger partial charge in [-0.15, -0.1) is 0 Å². The number of hydrogen-bond acceptors (Lipinski definition) is 3. The molecule has 5 rings (SSSR count). The lowest BCUT2D eigenvalue weighted by atomic mass is 10.0. The van der Waals surface area contributed by atoms with E-state index in [1.807, 2.05) is 35.9 Å². The van der Waals surface area contributed by atoms with E-state index in [9.17, 15) is 18.0 Å². The summed E-state index contributed by atoms with van der Waals surface area (Å²) < 4.78 is 41.3. The third-order valence-electron chi connectivity index (χ3n) is 5.69. The second kappa shape index (κ2) is 8.75. The molecule has 176 valence electrons. The van der Waals surface area contributed by atoms with Gasteiger partial charge in [0.05, 0.1) is 17.4 Å². The lowest BCUT2D eigenvalue weighted by Crippen LogP contribution is -2.16. The van der Waals surface area contributed by atoms with Crippen LogP contribution in [0.2, 0.25) is 0 Å². The van der Waals surface area contributed by atoms with Gasteiger partial charge in [0.1, 0.15) is 6.54 Å². The first-order valence-corrected chi connectivity index (χ1v) is 10.8. The van der Waals surface area contributed by atoms with Gasteiger partial charge in [0.15, 0.2) is 0 Å². The highest BCUT2D eigenvalue weighted by molar-refractivity contribution is 6.03. The molecule has 6 nitrogen and oxygen atoms in total. The summed E-state index contributed by atoms with van der Waals surface area (Å²) in [5.74, 6) is -0.365. The molecule has 0 aliphatic carbocycles. The summed E-state index contributed by atoms with van der Waals surface area (Å²) in [5.41, 5.74) is 5.48. The highest BCUT2D eigenvalue weighted by atomic mass is 19.4. The first-order valence-electron chi connectivity index (χ1n) is 10.8. The van der Waals surface area contributed by atoms with E-state index < -0.39 is 12.7 Å². The van der Waals surface area contributed by atoms with Crippen molar-refractivity contribution in [3.8, 4) is 11.1 Å². The van der Waals surface area contributed by atoms with Crippen LogP contribution in [0.1, 0.15) is 5.56 Å². The zero-order valence-electron chi connectivity index (χ0n) is 18.6. The average molecular weight is 475 g/mol. The SMILES string of the molecule is Cn1cnc2ccc(-c3ccncc3C=CC(=O)Nc3ccc4c(ccn4CC(F)(F)F)c3)cc21. The Morgan fingerprint density at radius 3 is 2.77 bits per heavy atom. The number of nitrogens with zero attached hydrogens (tertiary/aromatic N) is 4. The van der Waals surface area contributed by atoms with E-state index in [0.717, 1.165) is 32.3 Å². The van der Waals surface area contributed by atoms with Gasteiger partial charge >= 0.3 is 6.18 Å². The topological polar surface area (TPSA) is 64.7 Å². The largest absolute Gasteiger partial charge is 0.406 e. The molecule has 0 saturated carbocycles. The van der Waals surface area contributed by atoms with Crippen molar-refractivity contribution in [3.05, 3.63) is 85.1 Å². The predicted octanol–water partition coefficient (Wildman–Crippen LogP) is 5.80. The van der Waals surface area contributed by atoms with Crippen LogP contribution in [0.15, 0.2) is 79.5 Å².